The molecule has 2 heterocycles. The van der Waals surface area contributed by atoms with Crippen molar-refractivity contribution in [1.29, 1.82) is 0 Å². The van der Waals surface area contributed by atoms with Gasteiger partial charge in [0.25, 0.3) is 0 Å². The Morgan fingerprint density at radius 3 is 1.35 bits per heavy atom. The van der Waals surface area contributed by atoms with Gasteiger partial charge in [-0.2, -0.15) is 0 Å². The van der Waals surface area contributed by atoms with Crippen molar-refractivity contribution in [2.45, 2.75) is 175 Å². The molecule has 0 radical (unpaired) electrons. The minimum atomic E-state index is -1.77. The van der Waals surface area contributed by atoms with Crippen LogP contribution in [-0.2, 0) is 85.7 Å². The molecule has 0 bridgehead atoms. The first kappa shape index (κ1) is 49.0. The summed E-state index contributed by atoms with van der Waals surface area (Å²) in [5.41, 5.74) is 0. The fourth-order valence-corrected chi connectivity index (χ4v) is 6.34. The van der Waals surface area contributed by atoms with Crippen molar-refractivity contribution in [3.63, 3.8) is 0 Å². The third-order valence-corrected chi connectivity index (χ3v) is 8.63. The summed E-state index contributed by atoms with van der Waals surface area (Å²) in [4.78, 5) is 85.9. The lowest BCUT2D eigenvalue weighted by Gasteiger charge is -2.48. The predicted octanol–water partition coefficient (Wildman–Crippen LogP) is 3.71. The van der Waals surface area contributed by atoms with E-state index >= 15 is 0 Å². The summed E-state index contributed by atoms with van der Waals surface area (Å²) in [6.45, 7) is 8.77. The van der Waals surface area contributed by atoms with Crippen molar-refractivity contribution in [2.24, 2.45) is 0 Å². The summed E-state index contributed by atoms with van der Waals surface area (Å²) in [5, 5.41) is 0. The molecule has 57 heavy (non-hydrogen) atoms. The number of carbonyl (C=O) groups is 7. The van der Waals surface area contributed by atoms with Gasteiger partial charge in [-0.1, -0.05) is 64.0 Å². The van der Waals surface area contributed by atoms with E-state index < -0.39 is 116 Å². The number of esters is 7. The monoisotopic (exact) mass is 816 g/mol. The highest BCUT2D eigenvalue weighted by Crippen LogP contribution is 2.35. The zero-order valence-corrected chi connectivity index (χ0v) is 34.3. The number of carbonyl (C=O) groups excluding carboxylic acids is 7. The van der Waals surface area contributed by atoms with Crippen molar-refractivity contribution in [2.75, 3.05) is 19.8 Å². The number of allylic oxidation sites excluding steroid dienone is 1. The van der Waals surface area contributed by atoms with Crippen molar-refractivity contribution >= 4 is 41.8 Å². The largest absolute Gasteiger partial charge is 0.463 e. The predicted molar refractivity (Wildman–Crippen MR) is 196 cm³/mol. The van der Waals surface area contributed by atoms with Crippen LogP contribution in [0.1, 0.15) is 113 Å². The average molecular weight is 817 g/mol. The van der Waals surface area contributed by atoms with Gasteiger partial charge in [-0.3, -0.25) is 33.6 Å². The number of unbranched alkanes of at least 4 members (excludes halogenated alkanes) is 8. The molecule has 2 rings (SSSR count). The maximum absolute atomic E-state index is 12.6. The van der Waals surface area contributed by atoms with Gasteiger partial charge in [0.15, 0.2) is 43.1 Å². The molecule has 0 saturated carbocycles. The van der Waals surface area contributed by atoms with Gasteiger partial charge in [0.05, 0.1) is 6.61 Å². The van der Waals surface area contributed by atoms with Crippen LogP contribution in [0.15, 0.2) is 12.2 Å². The van der Waals surface area contributed by atoms with Gasteiger partial charge in [0, 0.05) is 48.5 Å². The molecular formula is C39H60O18. The van der Waals surface area contributed by atoms with Gasteiger partial charge >= 0.3 is 41.8 Å². The third kappa shape index (κ3) is 18.3. The Morgan fingerprint density at radius 1 is 0.456 bits per heavy atom. The molecule has 0 N–H and O–H groups in total. The first-order valence-corrected chi connectivity index (χ1v) is 19.4. The fraction of sp³-hybridized carbons (Fsp3) is 0.769. The standard InChI is InChI=1S/C39H60O18/c1-9-10-11-12-13-14-15-16-17-18-19-20-47-38-36(53-28(7)45)35(52-27(6)44)33(31(55-38)22-49-24(3)41)57-39-37(54-29(8)46)34(51-26(5)43)32(50-25(4)42)30(56-39)21-48-23(2)40/h18-19,30-39H,9-17,20-22H2,1-8H3/b19-18+/t30-,31-,32+,33-,34+,35+,36-,37-,38+,39+/m1/s1. The van der Waals surface area contributed by atoms with Crippen molar-refractivity contribution in [3.05, 3.63) is 12.2 Å². The highest BCUT2D eigenvalue weighted by molar-refractivity contribution is 5.69. The summed E-state index contributed by atoms with van der Waals surface area (Å²) in [6, 6.07) is 0. The second kappa shape index (κ2) is 26.0. The second-order valence-corrected chi connectivity index (χ2v) is 13.7. The van der Waals surface area contributed by atoms with Crippen molar-refractivity contribution in [3.8, 4) is 0 Å². The van der Waals surface area contributed by atoms with E-state index in [-0.39, 0.29) is 6.61 Å². The highest BCUT2D eigenvalue weighted by atomic mass is 16.8. The Labute approximate surface area is 333 Å². The fourth-order valence-electron chi connectivity index (χ4n) is 6.34. The molecule has 0 aliphatic carbocycles. The Kier molecular flexibility index (Phi) is 22.3. The van der Waals surface area contributed by atoms with Crippen molar-refractivity contribution in [1.82, 2.24) is 0 Å². The van der Waals surface area contributed by atoms with Crippen molar-refractivity contribution < 1.29 is 85.7 Å². The lowest BCUT2D eigenvalue weighted by Crippen LogP contribution is -2.67. The second-order valence-electron chi connectivity index (χ2n) is 13.7. The van der Waals surface area contributed by atoms with Crippen LogP contribution in [0.25, 0.3) is 0 Å². The average Bonchev–Trinajstić information content (AvgIpc) is 3.10. The molecule has 2 fully saturated rings. The molecule has 2 aliphatic heterocycles. The van der Waals surface area contributed by atoms with Gasteiger partial charge in [0.2, 0.25) is 0 Å². The molecule has 0 amide bonds. The molecule has 0 aromatic carbocycles. The van der Waals surface area contributed by atoms with E-state index in [0.717, 1.165) is 74.1 Å². The first-order chi connectivity index (χ1) is 27.0. The van der Waals surface area contributed by atoms with Gasteiger partial charge in [-0.05, 0) is 12.8 Å². The smallest absolute Gasteiger partial charge is 0.303 e. The summed E-state index contributed by atoms with van der Waals surface area (Å²) in [5.74, 6) is -5.71. The minimum absolute atomic E-state index is 0.00224. The normalized spacial score (nSPS) is 27.2. The quantitative estimate of drug-likeness (QED) is 0.0621. The number of rotatable bonds is 23. The molecule has 324 valence electrons. The van der Waals surface area contributed by atoms with Crippen LogP contribution in [0.2, 0.25) is 0 Å². The van der Waals surface area contributed by atoms with E-state index in [9.17, 15) is 33.6 Å². The summed E-state index contributed by atoms with van der Waals surface area (Å²) in [6.07, 6.45) is -1.24. The lowest BCUT2D eigenvalue weighted by atomic mass is 9.96. The number of hydrogen-bond donors (Lipinski definition) is 0. The molecule has 10 atom stereocenters. The van der Waals surface area contributed by atoms with E-state index in [1.165, 1.54) is 32.1 Å². The molecule has 18 nitrogen and oxygen atoms in total. The molecule has 18 heteroatoms. The Hall–Kier alpha value is -4.13. The highest BCUT2D eigenvalue weighted by Gasteiger charge is 2.57. The maximum atomic E-state index is 12.6. The van der Waals surface area contributed by atoms with E-state index in [1.54, 1.807) is 6.08 Å². The van der Waals surface area contributed by atoms with E-state index in [4.69, 9.17) is 52.1 Å². The van der Waals surface area contributed by atoms with E-state index in [2.05, 4.69) is 6.92 Å². The minimum Gasteiger partial charge on any atom is -0.463 e. The van der Waals surface area contributed by atoms with Gasteiger partial charge < -0.3 is 52.1 Å². The molecule has 0 aromatic rings. The summed E-state index contributed by atoms with van der Waals surface area (Å²) < 4.78 is 62.8. The van der Waals surface area contributed by atoms with Crippen LogP contribution in [-0.4, -0.2) is 123 Å². The van der Waals surface area contributed by atoms with Gasteiger partial charge in [-0.15, -0.1) is 0 Å². The van der Waals surface area contributed by atoms with Crippen LogP contribution in [0.3, 0.4) is 0 Å². The Bertz CT molecular complexity index is 1350. The zero-order valence-electron chi connectivity index (χ0n) is 34.3. The molecule has 2 saturated heterocycles. The Morgan fingerprint density at radius 2 is 0.860 bits per heavy atom. The van der Waals surface area contributed by atoms with Crippen LogP contribution >= 0.6 is 0 Å². The number of ether oxygens (including phenoxy) is 11. The zero-order chi connectivity index (χ0) is 42.5. The summed E-state index contributed by atoms with van der Waals surface area (Å²) >= 11 is 0. The molecule has 0 spiro atoms. The van der Waals surface area contributed by atoms with Gasteiger partial charge in [0.1, 0.15) is 31.5 Å². The van der Waals surface area contributed by atoms with E-state index in [1.807, 2.05) is 6.08 Å². The third-order valence-electron chi connectivity index (χ3n) is 8.63. The topological polar surface area (TPSA) is 221 Å². The SMILES string of the molecule is CCCCCCCCCC/C=C/CO[C@H]1O[C@H](COC(C)=O)[C@@H](O[C@@H]2O[C@H](COC(C)=O)[C@H](OC(C)=O)[C@H](OC(C)=O)[C@H]2OC(C)=O)[C@H](OC(C)=O)[C@H]1OC(C)=O. The molecule has 2 aliphatic rings. The van der Waals surface area contributed by atoms with E-state index in [0.29, 0.717) is 0 Å². The van der Waals surface area contributed by atoms with Crippen LogP contribution < -0.4 is 0 Å². The summed E-state index contributed by atoms with van der Waals surface area (Å²) in [7, 11) is 0. The maximum Gasteiger partial charge on any atom is 0.303 e. The first-order valence-electron chi connectivity index (χ1n) is 19.4. The Balaban J connectivity index is 2.49. The van der Waals surface area contributed by atoms with Gasteiger partial charge in [-0.25, -0.2) is 0 Å². The molecule has 0 unspecified atom stereocenters. The van der Waals surface area contributed by atoms with Crippen LogP contribution in [0, 0.1) is 0 Å². The molecular weight excluding hydrogens is 756 g/mol. The molecule has 0 aromatic heterocycles. The lowest BCUT2D eigenvalue weighted by molar-refractivity contribution is -0.360. The van der Waals surface area contributed by atoms with Crippen LogP contribution in [0.4, 0.5) is 0 Å². The van der Waals surface area contributed by atoms with Crippen LogP contribution in [0.5, 0.6) is 0 Å². The number of hydrogen-bond acceptors (Lipinski definition) is 18.